The van der Waals surface area contributed by atoms with Crippen LogP contribution < -0.4 is 0 Å². The first kappa shape index (κ1) is 30.5. The molecule has 0 N–H and O–H groups in total. The van der Waals surface area contributed by atoms with Gasteiger partial charge in [0.25, 0.3) is 0 Å². The largest absolute Gasteiger partial charge is 0.204 e. The molecule has 2 aromatic rings. The highest BCUT2D eigenvalue weighted by molar-refractivity contribution is 5.24. The first-order chi connectivity index (χ1) is 19.9. The molecule has 0 spiro atoms. The molecule has 0 atom stereocenters. The molecule has 41 heavy (non-hydrogen) atoms. The van der Waals surface area contributed by atoms with E-state index >= 15 is 0 Å². The molecule has 0 amide bonds. The molecule has 0 unspecified atom stereocenters. The van der Waals surface area contributed by atoms with Crippen LogP contribution >= 0.6 is 0 Å². The van der Waals surface area contributed by atoms with Crippen molar-refractivity contribution < 1.29 is 22.0 Å². The molecule has 2 aromatic carbocycles. The van der Waals surface area contributed by atoms with Crippen molar-refractivity contribution in [2.75, 3.05) is 0 Å². The Bertz CT molecular complexity index is 1080. The van der Waals surface area contributed by atoms with Gasteiger partial charge in [-0.25, -0.2) is 22.0 Å². The Morgan fingerprint density at radius 3 is 1.20 bits per heavy atom. The third-order valence-electron chi connectivity index (χ3n) is 11.1. The molecule has 0 saturated heterocycles. The predicted molar refractivity (Wildman–Crippen MR) is 155 cm³/mol. The van der Waals surface area contributed by atoms with Crippen molar-refractivity contribution in [1.82, 2.24) is 0 Å². The second-order valence-electron chi connectivity index (χ2n) is 13.5. The normalized spacial score (nSPS) is 28.1. The van der Waals surface area contributed by atoms with Crippen molar-refractivity contribution in [2.45, 2.75) is 127 Å². The zero-order chi connectivity index (χ0) is 28.8. The van der Waals surface area contributed by atoms with Gasteiger partial charge in [-0.05, 0) is 122 Å². The summed E-state index contributed by atoms with van der Waals surface area (Å²) in [6.07, 6.45) is 23.0. The Morgan fingerprint density at radius 1 is 0.366 bits per heavy atom. The van der Waals surface area contributed by atoms with E-state index in [4.69, 9.17) is 0 Å². The summed E-state index contributed by atoms with van der Waals surface area (Å²) < 4.78 is 66.1. The highest BCUT2D eigenvalue weighted by atomic mass is 19.2. The molecule has 0 aliphatic heterocycles. The summed E-state index contributed by atoms with van der Waals surface area (Å²) in [5.41, 5.74) is 1.62. The monoisotopic (exact) mass is 574 g/mol. The molecule has 4 saturated carbocycles. The van der Waals surface area contributed by atoms with E-state index in [-0.39, 0.29) is 5.92 Å². The lowest BCUT2D eigenvalue weighted by molar-refractivity contribution is 0.185. The second kappa shape index (κ2) is 14.5. The van der Waals surface area contributed by atoms with E-state index in [1.165, 1.54) is 101 Å². The van der Waals surface area contributed by atoms with Crippen molar-refractivity contribution in [3.63, 3.8) is 0 Å². The molecular formula is C36H47F5. The predicted octanol–water partition coefficient (Wildman–Crippen LogP) is 11.8. The summed E-state index contributed by atoms with van der Waals surface area (Å²) in [6, 6.07) is 6.82. The minimum Gasteiger partial charge on any atom is -0.204 e. The number of halogens is 5. The van der Waals surface area contributed by atoms with E-state index in [0.717, 1.165) is 67.8 Å². The zero-order valence-corrected chi connectivity index (χ0v) is 24.5. The van der Waals surface area contributed by atoms with Crippen LogP contribution in [0, 0.1) is 52.8 Å². The molecule has 0 nitrogen and oxygen atoms in total. The topological polar surface area (TPSA) is 0 Å². The minimum absolute atomic E-state index is 0.189. The van der Waals surface area contributed by atoms with Crippen LogP contribution in [0.2, 0.25) is 0 Å². The van der Waals surface area contributed by atoms with Crippen LogP contribution in [0.25, 0.3) is 0 Å². The maximum Gasteiger partial charge on any atom is 0.194 e. The Balaban J connectivity index is 0.000000165. The average molecular weight is 575 g/mol. The fourth-order valence-corrected chi connectivity index (χ4v) is 8.64. The lowest BCUT2D eigenvalue weighted by Crippen LogP contribution is -2.23. The van der Waals surface area contributed by atoms with Crippen molar-refractivity contribution in [1.29, 1.82) is 0 Å². The van der Waals surface area contributed by atoms with Gasteiger partial charge in [-0.1, -0.05) is 70.3 Å². The molecule has 0 heterocycles. The van der Waals surface area contributed by atoms with Gasteiger partial charge >= 0.3 is 0 Å². The van der Waals surface area contributed by atoms with Gasteiger partial charge in [-0.2, -0.15) is 0 Å². The van der Waals surface area contributed by atoms with Crippen LogP contribution in [-0.4, -0.2) is 0 Å². The van der Waals surface area contributed by atoms with Crippen molar-refractivity contribution in [3.05, 3.63) is 70.5 Å². The highest BCUT2D eigenvalue weighted by Crippen LogP contribution is 2.44. The highest BCUT2D eigenvalue weighted by Gasteiger charge is 2.31. The maximum atomic E-state index is 13.3. The van der Waals surface area contributed by atoms with E-state index in [0.29, 0.717) is 11.5 Å². The molecule has 6 rings (SSSR count). The molecule has 4 fully saturated rings. The van der Waals surface area contributed by atoms with Gasteiger partial charge in [-0.3, -0.25) is 0 Å². The summed E-state index contributed by atoms with van der Waals surface area (Å²) in [5.74, 6) is -0.793. The molecule has 0 radical (unpaired) electrons. The SMILES string of the molecule is Fc1cc(C2CCC(C3CCCCC3)CC2)cc(F)c1F.Fc1ccc(C2CCC(C3CCCCC3)CC2)cc1F. The number of rotatable bonds is 4. The quantitative estimate of drug-likeness (QED) is 0.252. The Hall–Kier alpha value is -1.91. The van der Waals surface area contributed by atoms with E-state index in [1.807, 2.05) is 0 Å². The molecule has 0 bridgehead atoms. The molecule has 5 heteroatoms. The minimum atomic E-state index is -1.35. The smallest absolute Gasteiger partial charge is 0.194 e. The van der Waals surface area contributed by atoms with Crippen LogP contribution in [0.15, 0.2) is 30.3 Å². The van der Waals surface area contributed by atoms with Crippen molar-refractivity contribution in [2.24, 2.45) is 23.7 Å². The van der Waals surface area contributed by atoms with Gasteiger partial charge in [0, 0.05) is 0 Å². The van der Waals surface area contributed by atoms with Gasteiger partial charge in [0.05, 0.1) is 0 Å². The van der Waals surface area contributed by atoms with Crippen LogP contribution in [0.5, 0.6) is 0 Å². The van der Waals surface area contributed by atoms with Gasteiger partial charge in [0.15, 0.2) is 29.1 Å². The summed E-state index contributed by atoms with van der Waals surface area (Å²) in [6.45, 7) is 0. The molecule has 4 aliphatic carbocycles. The average Bonchev–Trinajstić information content (AvgIpc) is 3.02. The third-order valence-corrected chi connectivity index (χ3v) is 11.1. The first-order valence-corrected chi connectivity index (χ1v) is 16.5. The Morgan fingerprint density at radius 2 is 0.756 bits per heavy atom. The Kier molecular flexibility index (Phi) is 10.8. The number of hydrogen-bond donors (Lipinski definition) is 0. The summed E-state index contributed by atoms with van der Waals surface area (Å²) in [4.78, 5) is 0. The number of hydrogen-bond acceptors (Lipinski definition) is 0. The molecular weight excluding hydrogens is 527 g/mol. The molecule has 0 aromatic heterocycles. The van der Waals surface area contributed by atoms with E-state index < -0.39 is 29.1 Å². The van der Waals surface area contributed by atoms with Gasteiger partial charge in [0.1, 0.15) is 0 Å². The van der Waals surface area contributed by atoms with Crippen LogP contribution in [0.1, 0.15) is 139 Å². The first-order valence-electron chi connectivity index (χ1n) is 16.5. The van der Waals surface area contributed by atoms with E-state index in [2.05, 4.69) is 0 Å². The zero-order valence-electron chi connectivity index (χ0n) is 24.5. The number of benzene rings is 2. The Labute approximate surface area is 243 Å². The lowest BCUT2D eigenvalue weighted by atomic mass is 9.70. The fourth-order valence-electron chi connectivity index (χ4n) is 8.64. The molecule has 4 aliphatic rings. The van der Waals surface area contributed by atoms with Crippen molar-refractivity contribution in [3.8, 4) is 0 Å². The van der Waals surface area contributed by atoms with E-state index in [9.17, 15) is 22.0 Å². The molecule has 226 valence electrons. The lowest BCUT2D eigenvalue weighted by Gasteiger charge is -2.36. The summed E-state index contributed by atoms with van der Waals surface area (Å²) in [5, 5.41) is 0. The van der Waals surface area contributed by atoms with Crippen LogP contribution in [0.4, 0.5) is 22.0 Å². The fraction of sp³-hybridized carbons (Fsp3) is 0.667. The summed E-state index contributed by atoms with van der Waals surface area (Å²) in [7, 11) is 0. The van der Waals surface area contributed by atoms with Crippen LogP contribution in [-0.2, 0) is 0 Å². The van der Waals surface area contributed by atoms with Crippen molar-refractivity contribution >= 4 is 0 Å². The standard InChI is InChI=1S/C18H23F3.C18H24F2/c19-16-10-15(11-17(20)18(16)21)14-8-6-13(7-9-14)12-4-2-1-3-5-12;19-17-11-10-16(12-18(17)20)15-8-6-14(7-9-15)13-4-2-1-3-5-13/h10-14H,1-9H2;10-15H,1-9H2. The van der Waals surface area contributed by atoms with Gasteiger partial charge in [0.2, 0.25) is 0 Å². The maximum absolute atomic E-state index is 13.3. The van der Waals surface area contributed by atoms with Crippen LogP contribution in [0.3, 0.4) is 0 Å². The second-order valence-corrected chi connectivity index (χ2v) is 13.5. The van der Waals surface area contributed by atoms with Gasteiger partial charge < -0.3 is 0 Å². The van der Waals surface area contributed by atoms with Gasteiger partial charge in [-0.15, -0.1) is 0 Å². The summed E-state index contributed by atoms with van der Waals surface area (Å²) >= 11 is 0. The third kappa shape index (κ3) is 7.93. The van der Waals surface area contributed by atoms with E-state index in [1.54, 1.807) is 6.07 Å².